The van der Waals surface area contributed by atoms with E-state index in [1.165, 1.54) is 11.1 Å². The number of imide groups is 1. The quantitative estimate of drug-likeness (QED) is 0.495. The number of hydrogen-bond acceptors (Lipinski definition) is 5. The number of hydrogen-bond donors (Lipinski definition) is 0. The van der Waals surface area contributed by atoms with Crippen LogP contribution < -0.4 is 4.90 Å². The van der Waals surface area contributed by atoms with Gasteiger partial charge >= 0.3 is 0 Å². The van der Waals surface area contributed by atoms with Gasteiger partial charge in [0, 0.05) is 31.2 Å². The number of fused-ring (bicyclic) bond motifs is 3. The highest BCUT2D eigenvalue weighted by atomic mass is 16.2. The van der Waals surface area contributed by atoms with E-state index in [0.717, 1.165) is 16.7 Å². The number of aromatic nitrogens is 4. The Morgan fingerprint density at radius 1 is 0.966 bits per heavy atom. The van der Waals surface area contributed by atoms with E-state index in [2.05, 4.69) is 15.1 Å². The zero-order valence-corrected chi connectivity index (χ0v) is 16.2. The van der Waals surface area contributed by atoms with Crippen LogP contribution in [0.1, 0.15) is 31.8 Å². The second kappa shape index (κ2) is 6.07. The number of carbonyl (C=O) groups is 2. The molecule has 0 aliphatic carbocycles. The Morgan fingerprint density at radius 3 is 2.52 bits per heavy atom. The number of amides is 2. The summed E-state index contributed by atoms with van der Waals surface area (Å²) >= 11 is 0. The predicted octanol–water partition coefficient (Wildman–Crippen LogP) is 3.45. The first-order valence-corrected chi connectivity index (χ1v) is 9.19. The van der Waals surface area contributed by atoms with E-state index in [0.29, 0.717) is 33.5 Å². The lowest BCUT2D eigenvalue weighted by atomic mass is 10.0. The van der Waals surface area contributed by atoms with Crippen molar-refractivity contribution in [3.63, 3.8) is 0 Å². The van der Waals surface area contributed by atoms with E-state index in [1.807, 2.05) is 32.0 Å². The molecule has 0 saturated carbocycles. The number of benzene rings is 1. The molecule has 1 aromatic carbocycles. The van der Waals surface area contributed by atoms with Crippen molar-refractivity contribution in [3.8, 4) is 11.3 Å². The van der Waals surface area contributed by atoms with Crippen molar-refractivity contribution in [1.29, 1.82) is 0 Å². The lowest BCUT2D eigenvalue weighted by Crippen LogP contribution is -2.29. The van der Waals surface area contributed by atoms with Crippen LogP contribution in [0.5, 0.6) is 0 Å². The summed E-state index contributed by atoms with van der Waals surface area (Å²) in [5.74, 6) is -0.734. The standard InChI is InChI=1S/C22H17N5O2/c1-12-6-7-15(9-13(12)2)27-21(28)16-11-24-20-18(17(16)22(27)29)19(25-26(20)3)14-5-4-8-23-10-14/h4-11H,1-3H3. The molecule has 0 N–H and O–H groups in total. The zero-order chi connectivity index (χ0) is 20.3. The van der Waals surface area contributed by atoms with E-state index < -0.39 is 0 Å². The van der Waals surface area contributed by atoms with E-state index in [9.17, 15) is 9.59 Å². The van der Waals surface area contributed by atoms with Crippen LogP contribution >= 0.6 is 0 Å². The Labute approximate surface area is 166 Å². The molecule has 4 heterocycles. The highest BCUT2D eigenvalue weighted by Crippen LogP contribution is 2.37. The van der Waals surface area contributed by atoms with Gasteiger partial charge in [0.25, 0.3) is 11.8 Å². The van der Waals surface area contributed by atoms with Crippen LogP contribution in [0.4, 0.5) is 5.69 Å². The molecule has 0 spiro atoms. The van der Waals surface area contributed by atoms with E-state index in [4.69, 9.17) is 0 Å². The largest absolute Gasteiger partial charge is 0.268 e. The number of nitrogens with zero attached hydrogens (tertiary/aromatic N) is 5. The summed E-state index contributed by atoms with van der Waals surface area (Å²) in [6, 6.07) is 9.23. The molecule has 0 unspecified atom stereocenters. The molecule has 142 valence electrons. The summed E-state index contributed by atoms with van der Waals surface area (Å²) in [5.41, 5.74) is 5.19. The smallest absolute Gasteiger partial charge is 0.267 e. The van der Waals surface area contributed by atoms with Crippen molar-refractivity contribution >= 4 is 28.5 Å². The minimum atomic E-state index is -0.372. The first-order chi connectivity index (χ1) is 14.0. The molecule has 29 heavy (non-hydrogen) atoms. The minimum absolute atomic E-state index is 0.291. The van der Waals surface area contributed by atoms with Crippen LogP contribution in [0, 0.1) is 13.8 Å². The van der Waals surface area contributed by atoms with Crippen LogP contribution in [0.3, 0.4) is 0 Å². The summed E-state index contributed by atoms with van der Waals surface area (Å²) in [7, 11) is 1.77. The van der Waals surface area contributed by atoms with Gasteiger partial charge in [0.15, 0.2) is 5.65 Å². The molecule has 0 saturated heterocycles. The number of pyridine rings is 2. The Hall–Kier alpha value is -3.87. The Bertz CT molecular complexity index is 1320. The molecule has 0 radical (unpaired) electrons. The topological polar surface area (TPSA) is 81.0 Å². The maximum Gasteiger partial charge on any atom is 0.267 e. The number of aryl methyl sites for hydroxylation is 3. The first kappa shape index (κ1) is 17.2. The second-order valence-corrected chi connectivity index (χ2v) is 7.17. The molecular weight excluding hydrogens is 366 g/mol. The van der Waals surface area contributed by atoms with Gasteiger partial charge in [0.1, 0.15) is 5.69 Å². The molecule has 0 bridgehead atoms. The first-order valence-electron chi connectivity index (χ1n) is 9.19. The fraction of sp³-hybridized carbons (Fsp3) is 0.136. The van der Waals surface area contributed by atoms with Gasteiger partial charge in [-0.05, 0) is 49.2 Å². The predicted molar refractivity (Wildman–Crippen MR) is 109 cm³/mol. The molecule has 0 fully saturated rings. The summed E-state index contributed by atoms with van der Waals surface area (Å²) in [6.45, 7) is 3.95. The Balaban J connectivity index is 1.76. The fourth-order valence-electron chi connectivity index (χ4n) is 3.73. The normalized spacial score (nSPS) is 13.4. The maximum atomic E-state index is 13.4. The molecule has 5 rings (SSSR count). The highest BCUT2D eigenvalue weighted by Gasteiger charge is 2.40. The van der Waals surface area contributed by atoms with Crippen LogP contribution in [-0.2, 0) is 7.05 Å². The molecule has 1 aliphatic rings. The van der Waals surface area contributed by atoms with E-state index >= 15 is 0 Å². The van der Waals surface area contributed by atoms with Crippen LogP contribution in [0.25, 0.3) is 22.3 Å². The molecule has 4 aromatic rings. The van der Waals surface area contributed by atoms with Crippen LogP contribution in [0.2, 0.25) is 0 Å². The van der Waals surface area contributed by atoms with Crippen molar-refractivity contribution in [2.75, 3.05) is 4.90 Å². The van der Waals surface area contributed by atoms with Gasteiger partial charge in [-0.15, -0.1) is 0 Å². The van der Waals surface area contributed by atoms with Gasteiger partial charge in [0.2, 0.25) is 0 Å². The number of anilines is 1. The second-order valence-electron chi connectivity index (χ2n) is 7.17. The third kappa shape index (κ3) is 2.40. The minimum Gasteiger partial charge on any atom is -0.268 e. The SMILES string of the molecule is Cc1ccc(N2C(=O)c3cnc4c(c(-c5cccnc5)nn4C)c3C2=O)cc1C. The van der Waals surface area contributed by atoms with Crippen molar-refractivity contribution in [2.45, 2.75) is 13.8 Å². The van der Waals surface area contributed by atoms with E-state index in [1.54, 1.807) is 36.3 Å². The molecule has 7 heteroatoms. The van der Waals surface area contributed by atoms with Gasteiger partial charge < -0.3 is 0 Å². The summed E-state index contributed by atoms with van der Waals surface area (Å²) in [4.78, 5) is 36.4. The third-order valence-corrected chi connectivity index (χ3v) is 5.39. The summed E-state index contributed by atoms with van der Waals surface area (Å²) < 4.78 is 1.62. The lowest BCUT2D eigenvalue weighted by molar-refractivity contribution is 0.0926. The third-order valence-electron chi connectivity index (χ3n) is 5.39. The highest BCUT2D eigenvalue weighted by molar-refractivity contribution is 6.38. The number of rotatable bonds is 2. The van der Waals surface area contributed by atoms with Gasteiger partial charge in [0.05, 0.1) is 22.2 Å². The lowest BCUT2D eigenvalue weighted by Gasteiger charge is -2.15. The molecule has 7 nitrogen and oxygen atoms in total. The van der Waals surface area contributed by atoms with Crippen LogP contribution in [0.15, 0.2) is 48.9 Å². The van der Waals surface area contributed by atoms with Crippen molar-refractivity contribution < 1.29 is 9.59 Å². The van der Waals surface area contributed by atoms with Crippen molar-refractivity contribution in [1.82, 2.24) is 19.7 Å². The molecular formula is C22H17N5O2. The van der Waals surface area contributed by atoms with Gasteiger partial charge in [-0.2, -0.15) is 5.10 Å². The van der Waals surface area contributed by atoms with Gasteiger partial charge in [-0.25, -0.2) is 14.6 Å². The fourth-order valence-corrected chi connectivity index (χ4v) is 3.73. The summed E-state index contributed by atoms with van der Waals surface area (Å²) in [6.07, 6.45) is 4.82. The molecule has 1 aliphatic heterocycles. The Kier molecular flexibility index (Phi) is 3.61. The van der Waals surface area contributed by atoms with Gasteiger partial charge in [-0.3, -0.25) is 14.6 Å². The van der Waals surface area contributed by atoms with Crippen molar-refractivity contribution in [2.24, 2.45) is 7.05 Å². The van der Waals surface area contributed by atoms with E-state index in [-0.39, 0.29) is 11.8 Å². The molecule has 3 aromatic heterocycles. The average Bonchev–Trinajstić information content (AvgIpc) is 3.19. The van der Waals surface area contributed by atoms with Crippen LogP contribution in [-0.4, -0.2) is 31.6 Å². The summed E-state index contributed by atoms with van der Waals surface area (Å²) in [5, 5.41) is 5.12. The van der Waals surface area contributed by atoms with Crippen molar-refractivity contribution in [3.05, 3.63) is 71.2 Å². The van der Waals surface area contributed by atoms with Gasteiger partial charge in [-0.1, -0.05) is 6.07 Å². The number of carbonyl (C=O) groups excluding carboxylic acids is 2. The zero-order valence-electron chi connectivity index (χ0n) is 16.2. The molecule has 2 amide bonds. The monoisotopic (exact) mass is 383 g/mol. The average molecular weight is 383 g/mol. The molecule has 0 atom stereocenters. The maximum absolute atomic E-state index is 13.4. The Morgan fingerprint density at radius 2 is 1.79 bits per heavy atom.